The van der Waals surface area contributed by atoms with Crippen LogP contribution in [0.5, 0.6) is 0 Å². The molecule has 0 bridgehead atoms. The summed E-state index contributed by atoms with van der Waals surface area (Å²) in [7, 11) is 1.59. The second kappa shape index (κ2) is 8.93. The van der Waals surface area contributed by atoms with Gasteiger partial charge < -0.3 is 24.9 Å². The third kappa shape index (κ3) is 5.25. The zero-order chi connectivity index (χ0) is 16.7. The Hall–Kier alpha value is -1.53. The van der Waals surface area contributed by atoms with E-state index in [9.17, 15) is 9.90 Å². The van der Waals surface area contributed by atoms with Gasteiger partial charge in [-0.05, 0) is 31.9 Å². The van der Waals surface area contributed by atoms with Crippen molar-refractivity contribution in [1.29, 1.82) is 0 Å². The van der Waals surface area contributed by atoms with Crippen LogP contribution in [-0.4, -0.2) is 37.5 Å². The van der Waals surface area contributed by atoms with Gasteiger partial charge in [-0.25, -0.2) is 4.79 Å². The summed E-state index contributed by atoms with van der Waals surface area (Å²) in [5.41, 5.74) is 0. The zero-order valence-electron chi connectivity index (χ0n) is 14.0. The van der Waals surface area contributed by atoms with Crippen LogP contribution in [0.25, 0.3) is 0 Å². The fourth-order valence-corrected chi connectivity index (χ4v) is 3.16. The second-order valence-corrected chi connectivity index (χ2v) is 6.26. The van der Waals surface area contributed by atoms with Gasteiger partial charge in [-0.2, -0.15) is 0 Å². The van der Waals surface area contributed by atoms with Crippen LogP contribution in [0.15, 0.2) is 16.5 Å². The number of nitrogens with one attached hydrogen (secondary N) is 2. The number of carbonyl (C=O) groups excluding carboxylic acids is 1. The number of carbonyl (C=O) groups is 1. The number of hydrogen-bond acceptors (Lipinski definition) is 4. The molecule has 0 aliphatic heterocycles. The van der Waals surface area contributed by atoms with Gasteiger partial charge in [0.25, 0.3) is 0 Å². The molecular weight excluding hydrogens is 296 g/mol. The molecule has 1 aliphatic carbocycles. The minimum atomic E-state index is -0.327. The molecule has 0 spiro atoms. The number of methoxy groups -OCH3 is 1. The molecule has 3 atom stereocenters. The lowest BCUT2D eigenvalue weighted by atomic mass is 9.96. The van der Waals surface area contributed by atoms with Crippen LogP contribution in [0, 0.1) is 12.8 Å². The maximum absolute atomic E-state index is 12.3. The van der Waals surface area contributed by atoms with Crippen LogP contribution in [0.1, 0.15) is 49.7 Å². The van der Waals surface area contributed by atoms with E-state index in [1.165, 1.54) is 0 Å². The number of aliphatic hydroxyl groups is 1. The average molecular weight is 324 g/mol. The van der Waals surface area contributed by atoms with Crippen LogP contribution in [0.3, 0.4) is 0 Å². The van der Waals surface area contributed by atoms with E-state index < -0.39 is 0 Å². The molecule has 3 N–H and O–H groups in total. The van der Waals surface area contributed by atoms with Gasteiger partial charge >= 0.3 is 6.03 Å². The maximum Gasteiger partial charge on any atom is 0.315 e. The van der Waals surface area contributed by atoms with E-state index in [0.29, 0.717) is 12.4 Å². The Balaban J connectivity index is 1.95. The van der Waals surface area contributed by atoms with Crippen LogP contribution in [0.4, 0.5) is 4.79 Å². The Morgan fingerprint density at radius 2 is 2.17 bits per heavy atom. The van der Waals surface area contributed by atoms with Crippen molar-refractivity contribution >= 4 is 6.03 Å². The predicted molar refractivity (Wildman–Crippen MR) is 87.2 cm³/mol. The third-order valence-electron chi connectivity index (χ3n) is 4.45. The lowest BCUT2D eigenvalue weighted by molar-refractivity contribution is 0.151. The van der Waals surface area contributed by atoms with Crippen molar-refractivity contribution in [2.45, 2.75) is 51.1 Å². The Bertz CT molecular complexity index is 489. The van der Waals surface area contributed by atoms with Crippen LogP contribution >= 0.6 is 0 Å². The van der Waals surface area contributed by atoms with Crippen molar-refractivity contribution in [2.24, 2.45) is 5.92 Å². The van der Waals surface area contributed by atoms with E-state index in [4.69, 9.17) is 9.15 Å². The van der Waals surface area contributed by atoms with Gasteiger partial charge in [0.2, 0.25) is 0 Å². The molecule has 6 heteroatoms. The van der Waals surface area contributed by atoms with Crippen molar-refractivity contribution in [1.82, 2.24) is 10.6 Å². The van der Waals surface area contributed by atoms with Gasteiger partial charge in [0.05, 0.1) is 6.61 Å². The van der Waals surface area contributed by atoms with Gasteiger partial charge in [0.1, 0.15) is 17.6 Å². The first-order chi connectivity index (χ1) is 11.1. The topological polar surface area (TPSA) is 83.7 Å². The number of ether oxygens (including phenoxy) is 1. The highest BCUT2D eigenvalue weighted by atomic mass is 16.5. The number of furan rings is 1. The number of rotatable bonds is 6. The lowest BCUT2D eigenvalue weighted by Crippen LogP contribution is -2.47. The normalized spacial score (nSPS) is 23.1. The Labute approximate surface area is 137 Å². The summed E-state index contributed by atoms with van der Waals surface area (Å²) in [6.07, 6.45) is 5.23. The van der Waals surface area contributed by atoms with Crippen LogP contribution < -0.4 is 10.6 Å². The van der Waals surface area contributed by atoms with Crippen LogP contribution in [0.2, 0.25) is 0 Å². The summed E-state index contributed by atoms with van der Waals surface area (Å²) in [5.74, 6) is 1.61. The molecule has 0 saturated heterocycles. The summed E-state index contributed by atoms with van der Waals surface area (Å²) in [5, 5.41) is 15.5. The molecule has 0 aromatic carbocycles. The molecule has 0 radical (unpaired) electrons. The van der Waals surface area contributed by atoms with Crippen molar-refractivity contribution in [3.05, 3.63) is 23.7 Å². The Morgan fingerprint density at radius 1 is 1.39 bits per heavy atom. The summed E-state index contributed by atoms with van der Waals surface area (Å²) >= 11 is 0. The standard InChI is InChI=1S/C17H28N2O4/c1-12-8-9-16(23-12)15(11-22-2)19-17(21)18-14-7-5-3-4-6-13(14)10-20/h8-9,13-15,20H,3-7,10-11H2,1-2H3,(H2,18,19,21). The Kier molecular flexibility index (Phi) is 6.92. The quantitative estimate of drug-likeness (QED) is 0.702. The number of urea groups is 1. The predicted octanol–water partition coefficient (Wildman–Crippen LogP) is 2.52. The van der Waals surface area contributed by atoms with Gasteiger partial charge in [-0.3, -0.25) is 0 Å². The monoisotopic (exact) mass is 324 g/mol. The molecule has 1 aromatic rings. The first-order valence-electron chi connectivity index (χ1n) is 8.37. The fraction of sp³-hybridized carbons (Fsp3) is 0.706. The van der Waals surface area contributed by atoms with Crippen molar-refractivity contribution in [3.63, 3.8) is 0 Å². The van der Waals surface area contributed by atoms with E-state index in [1.54, 1.807) is 7.11 Å². The van der Waals surface area contributed by atoms with Crippen molar-refractivity contribution < 1.29 is 19.1 Å². The van der Waals surface area contributed by atoms with E-state index in [2.05, 4.69) is 10.6 Å². The Morgan fingerprint density at radius 3 is 2.83 bits per heavy atom. The van der Waals surface area contributed by atoms with E-state index in [-0.39, 0.29) is 30.6 Å². The van der Waals surface area contributed by atoms with Crippen molar-refractivity contribution in [3.8, 4) is 0 Å². The summed E-state index contributed by atoms with van der Waals surface area (Å²) in [6, 6.07) is 3.16. The largest absolute Gasteiger partial charge is 0.464 e. The molecule has 1 heterocycles. The van der Waals surface area contributed by atoms with Gasteiger partial charge in [-0.1, -0.05) is 19.3 Å². The molecule has 1 fully saturated rings. The molecule has 1 aromatic heterocycles. The SMILES string of the molecule is COCC(NC(=O)NC1CCCCCC1CO)c1ccc(C)o1. The minimum absolute atomic E-state index is 0.0176. The van der Waals surface area contributed by atoms with Gasteiger partial charge in [0.15, 0.2) is 0 Å². The minimum Gasteiger partial charge on any atom is -0.464 e. The first kappa shape index (κ1) is 17.8. The number of amides is 2. The maximum atomic E-state index is 12.3. The molecule has 3 unspecified atom stereocenters. The number of aryl methyl sites for hydroxylation is 1. The molecule has 1 aliphatic rings. The molecule has 2 amide bonds. The third-order valence-corrected chi connectivity index (χ3v) is 4.45. The summed E-state index contributed by atoms with van der Waals surface area (Å²) in [4.78, 5) is 12.3. The summed E-state index contributed by atoms with van der Waals surface area (Å²) < 4.78 is 10.8. The molecule has 130 valence electrons. The lowest BCUT2D eigenvalue weighted by Gasteiger charge is -2.26. The van der Waals surface area contributed by atoms with Gasteiger partial charge in [-0.15, -0.1) is 0 Å². The first-order valence-corrected chi connectivity index (χ1v) is 8.37. The molecule has 2 rings (SSSR count). The highest BCUT2D eigenvalue weighted by molar-refractivity contribution is 5.74. The average Bonchev–Trinajstić information content (AvgIpc) is 2.83. The smallest absolute Gasteiger partial charge is 0.315 e. The molecule has 23 heavy (non-hydrogen) atoms. The number of aliphatic hydroxyl groups excluding tert-OH is 1. The van der Waals surface area contributed by atoms with E-state index in [1.807, 2.05) is 19.1 Å². The van der Waals surface area contributed by atoms with Gasteiger partial charge in [0, 0.05) is 25.7 Å². The van der Waals surface area contributed by atoms with Crippen LogP contribution in [-0.2, 0) is 4.74 Å². The molecule has 1 saturated carbocycles. The fourth-order valence-electron chi connectivity index (χ4n) is 3.16. The van der Waals surface area contributed by atoms with E-state index >= 15 is 0 Å². The molecular formula is C17H28N2O4. The molecule has 6 nitrogen and oxygen atoms in total. The van der Waals surface area contributed by atoms with Crippen molar-refractivity contribution in [2.75, 3.05) is 20.3 Å². The highest BCUT2D eigenvalue weighted by Gasteiger charge is 2.26. The second-order valence-electron chi connectivity index (χ2n) is 6.26. The summed E-state index contributed by atoms with van der Waals surface area (Å²) in [6.45, 7) is 2.32. The highest BCUT2D eigenvalue weighted by Crippen LogP contribution is 2.23. The zero-order valence-corrected chi connectivity index (χ0v) is 14.0. The number of hydrogen-bond donors (Lipinski definition) is 3. The van der Waals surface area contributed by atoms with E-state index in [0.717, 1.165) is 37.9 Å².